The van der Waals surface area contributed by atoms with E-state index in [-0.39, 0.29) is 12.2 Å². The summed E-state index contributed by atoms with van der Waals surface area (Å²) in [6.45, 7) is 3.38. The van der Waals surface area contributed by atoms with E-state index in [9.17, 15) is 9.59 Å². The van der Waals surface area contributed by atoms with Gasteiger partial charge in [-0.1, -0.05) is 6.08 Å². The van der Waals surface area contributed by atoms with E-state index in [1.54, 1.807) is 0 Å². The predicted octanol–water partition coefficient (Wildman–Crippen LogP) is -0.642. The van der Waals surface area contributed by atoms with Gasteiger partial charge in [0.05, 0.1) is 0 Å². The van der Waals surface area contributed by atoms with Crippen molar-refractivity contribution in [1.29, 1.82) is 0 Å². The Kier molecular flexibility index (Phi) is 4.03. The monoisotopic (exact) mass is 155 g/mol. The molecule has 1 atom stereocenters. The molecule has 0 aliphatic heterocycles. The SMILES string of the molecule is BC(=O)NC(CC=C)C(=O)O. The summed E-state index contributed by atoms with van der Waals surface area (Å²) < 4.78 is 0. The molecule has 1 amide bonds. The van der Waals surface area contributed by atoms with Crippen LogP contribution in [0, 0.1) is 0 Å². The van der Waals surface area contributed by atoms with Crippen LogP contribution in [0.1, 0.15) is 6.42 Å². The summed E-state index contributed by atoms with van der Waals surface area (Å²) in [6, 6.07) is -0.843. The third-order valence-electron chi connectivity index (χ3n) is 1.08. The number of carbonyl (C=O) groups is 2. The largest absolute Gasteiger partial charge is 0.480 e. The van der Waals surface area contributed by atoms with Crippen LogP contribution in [-0.2, 0) is 4.79 Å². The maximum absolute atomic E-state index is 10.4. The first kappa shape index (κ1) is 9.74. The molecule has 0 saturated heterocycles. The van der Waals surface area contributed by atoms with Crippen LogP contribution < -0.4 is 5.32 Å². The van der Waals surface area contributed by atoms with Crippen LogP contribution in [0.25, 0.3) is 0 Å². The maximum Gasteiger partial charge on any atom is 0.326 e. The van der Waals surface area contributed by atoms with E-state index in [0.29, 0.717) is 0 Å². The molecular weight excluding hydrogens is 145 g/mol. The molecule has 0 radical (unpaired) electrons. The first-order valence-electron chi connectivity index (χ1n) is 3.18. The molecule has 0 aromatic heterocycles. The number of hydrogen-bond acceptors (Lipinski definition) is 2. The second-order valence-electron chi connectivity index (χ2n) is 2.12. The van der Waals surface area contributed by atoms with Gasteiger partial charge in [0.1, 0.15) is 6.04 Å². The van der Waals surface area contributed by atoms with E-state index in [1.807, 2.05) is 0 Å². The first-order chi connectivity index (χ1) is 5.07. The van der Waals surface area contributed by atoms with Gasteiger partial charge in [-0.25, -0.2) is 4.79 Å². The Morgan fingerprint density at radius 1 is 1.73 bits per heavy atom. The highest BCUT2D eigenvalue weighted by molar-refractivity contribution is 6.57. The van der Waals surface area contributed by atoms with E-state index >= 15 is 0 Å². The smallest absolute Gasteiger partial charge is 0.326 e. The third kappa shape index (κ3) is 4.19. The highest BCUT2D eigenvalue weighted by Gasteiger charge is 2.15. The normalized spacial score (nSPS) is 11.6. The van der Waals surface area contributed by atoms with Gasteiger partial charge < -0.3 is 10.4 Å². The number of carboxylic acids is 1. The minimum atomic E-state index is -1.04. The number of nitrogens with one attached hydrogen (secondary N) is 1. The Bertz CT molecular complexity index is 181. The zero-order chi connectivity index (χ0) is 8.85. The summed E-state index contributed by atoms with van der Waals surface area (Å²) in [5.41, 5.74) is 0. The summed E-state index contributed by atoms with van der Waals surface area (Å²) in [6.07, 6.45) is 1.70. The summed E-state index contributed by atoms with van der Waals surface area (Å²) >= 11 is 0. The minimum Gasteiger partial charge on any atom is -0.480 e. The molecule has 0 heterocycles. The van der Waals surface area contributed by atoms with Crippen molar-refractivity contribution in [2.75, 3.05) is 0 Å². The zero-order valence-electron chi connectivity index (χ0n) is 6.33. The van der Waals surface area contributed by atoms with Crippen LogP contribution in [0.2, 0.25) is 0 Å². The van der Waals surface area contributed by atoms with E-state index < -0.39 is 12.0 Å². The number of carboxylic acid groups (broad SMARTS) is 1. The van der Waals surface area contributed by atoms with Crippen molar-refractivity contribution in [2.45, 2.75) is 12.5 Å². The van der Waals surface area contributed by atoms with Crippen molar-refractivity contribution in [2.24, 2.45) is 0 Å². The van der Waals surface area contributed by atoms with Gasteiger partial charge in [-0.15, -0.1) is 6.58 Å². The first-order valence-corrected chi connectivity index (χ1v) is 3.18. The summed E-state index contributed by atoms with van der Waals surface area (Å²) in [4.78, 5) is 20.8. The van der Waals surface area contributed by atoms with E-state index in [4.69, 9.17) is 5.11 Å². The molecule has 0 rings (SSSR count). The summed E-state index contributed by atoms with van der Waals surface area (Å²) in [7, 11) is 1.28. The van der Waals surface area contributed by atoms with Gasteiger partial charge in [-0.2, -0.15) is 0 Å². The van der Waals surface area contributed by atoms with Crippen molar-refractivity contribution >= 4 is 19.6 Å². The van der Waals surface area contributed by atoms with Crippen molar-refractivity contribution in [3.05, 3.63) is 12.7 Å². The fraction of sp³-hybridized carbons (Fsp3) is 0.333. The molecule has 1 unspecified atom stereocenters. The van der Waals surface area contributed by atoms with Gasteiger partial charge in [-0.05, 0) is 6.42 Å². The molecule has 5 heteroatoms. The third-order valence-corrected chi connectivity index (χ3v) is 1.08. The number of aliphatic carboxylic acids is 1. The lowest BCUT2D eigenvalue weighted by atomic mass is 10.1. The Balaban J connectivity index is 3.99. The molecule has 0 aliphatic carbocycles. The molecule has 2 N–H and O–H groups in total. The van der Waals surface area contributed by atoms with Crippen molar-refractivity contribution in [1.82, 2.24) is 5.32 Å². The second-order valence-corrected chi connectivity index (χ2v) is 2.12. The van der Waals surface area contributed by atoms with Gasteiger partial charge in [0.25, 0.3) is 0 Å². The fourth-order valence-electron chi connectivity index (χ4n) is 0.634. The average Bonchev–Trinajstić information content (AvgIpc) is 1.86. The molecule has 0 saturated carbocycles. The quantitative estimate of drug-likeness (QED) is 0.419. The van der Waals surface area contributed by atoms with Gasteiger partial charge >= 0.3 is 5.97 Å². The predicted molar refractivity (Wildman–Crippen MR) is 43.3 cm³/mol. The van der Waals surface area contributed by atoms with E-state index in [1.165, 1.54) is 13.9 Å². The molecule has 0 fully saturated rings. The highest BCUT2D eigenvalue weighted by atomic mass is 16.4. The van der Waals surface area contributed by atoms with Crippen LogP contribution in [0.4, 0.5) is 4.79 Å². The van der Waals surface area contributed by atoms with Gasteiger partial charge in [-0.3, -0.25) is 4.79 Å². The van der Waals surface area contributed by atoms with Gasteiger partial charge in [0.15, 0.2) is 5.81 Å². The number of hydrogen-bond donors (Lipinski definition) is 2. The lowest BCUT2D eigenvalue weighted by Crippen LogP contribution is -2.39. The molecular formula is C6H10BNO3. The molecule has 4 nitrogen and oxygen atoms in total. The second kappa shape index (κ2) is 4.54. The topological polar surface area (TPSA) is 66.4 Å². The van der Waals surface area contributed by atoms with Gasteiger partial charge in [0, 0.05) is 0 Å². The van der Waals surface area contributed by atoms with E-state index in [2.05, 4.69) is 11.9 Å². The van der Waals surface area contributed by atoms with Crippen LogP contribution in [0.15, 0.2) is 12.7 Å². The molecule has 0 aliphatic rings. The molecule has 0 spiro atoms. The summed E-state index contributed by atoms with van der Waals surface area (Å²) in [5, 5.41) is 10.8. The van der Waals surface area contributed by atoms with Gasteiger partial charge in [0.2, 0.25) is 7.85 Å². The molecule has 60 valence electrons. The number of carbonyl (C=O) groups excluding carboxylic acids is 1. The Hall–Kier alpha value is -1.26. The van der Waals surface area contributed by atoms with Crippen LogP contribution in [0.5, 0.6) is 0 Å². The van der Waals surface area contributed by atoms with E-state index in [0.717, 1.165) is 0 Å². The number of amides is 1. The van der Waals surface area contributed by atoms with Crippen LogP contribution >= 0.6 is 0 Å². The molecule has 0 bridgehead atoms. The Morgan fingerprint density at radius 3 is 2.55 bits per heavy atom. The van der Waals surface area contributed by atoms with Crippen molar-refractivity contribution < 1.29 is 14.7 Å². The molecule has 11 heavy (non-hydrogen) atoms. The lowest BCUT2D eigenvalue weighted by molar-refractivity contribution is -0.139. The van der Waals surface area contributed by atoms with Crippen LogP contribution in [0.3, 0.4) is 0 Å². The number of rotatable bonds is 4. The highest BCUT2D eigenvalue weighted by Crippen LogP contribution is 1.92. The zero-order valence-corrected chi connectivity index (χ0v) is 6.33. The van der Waals surface area contributed by atoms with Crippen molar-refractivity contribution in [3.8, 4) is 0 Å². The Labute approximate surface area is 65.7 Å². The Morgan fingerprint density at radius 2 is 2.27 bits per heavy atom. The average molecular weight is 155 g/mol. The summed E-state index contributed by atoms with van der Waals surface area (Å²) in [5.74, 6) is -1.39. The fourth-order valence-corrected chi connectivity index (χ4v) is 0.634. The van der Waals surface area contributed by atoms with Crippen molar-refractivity contribution in [3.63, 3.8) is 0 Å². The molecule has 0 aromatic carbocycles. The van der Waals surface area contributed by atoms with Crippen LogP contribution in [-0.4, -0.2) is 30.8 Å². The minimum absolute atomic E-state index is 0.245. The maximum atomic E-state index is 10.4. The lowest BCUT2D eigenvalue weighted by Gasteiger charge is -2.09. The standard InChI is InChI=1S/C6H10BNO3/c1-2-3-4(5(9)10)8-6(7)11/h2,4H,1,3,7H2,(H,8,11)(H,9,10). The molecule has 0 aromatic rings.